The Labute approximate surface area is 113 Å². The maximum atomic E-state index is 12.1. The van der Waals surface area contributed by atoms with Crippen molar-refractivity contribution >= 4 is 11.6 Å². The second kappa shape index (κ2) is 5.17. The fourth-order valence-corrected chi connectivity index (χ4v) is 2.61. The molecule has 2 N–H and O–H groups in total. The van der Waals surface area contributed by atoms with Crippen LogP contribution in [0.3, 0.4) is 0 Å². The van der Waals surface area contributed by atoms with Crippen molar-refractivity contribution in [2.75, 3.05) is 25.5 Å². The molecule has 1 aliphatic carbocycles. The molecule has 5 nitrogen and oxygen atoms in total. The van der Waals surface area contributed by atoms with Gasteiger partial charge in [0.25, 0.3) is 5.91 Å². The Balaban J connectivity index is 1.55. The summed E-state index contributed by atoms with van der Waals surface area (Å²) in [7, 11) is 1.84. The summed E-state index contributed by atoms with van der Waals surface area (Å²) in [6, 6.07) is 4.69. The molecule has 1 saturated carbocycles. The van der Waals surface area contributed by atoms with Crippen molar-refractivity contribution < 1.29 is 4.79 Å². The quantitative estimate of drug-likeness (QED) is 0.851. The van der Waals surface area contributed by atoms with E-state index in [0.29, 0.717) is 5.69 Å². The van der Waals surface area contributed by atoms with Crippen molar-refractivity contribution in [1.29, 1.82) is 0 Å². The number of aromatic nitrogens is 1. The van der Waals surface area contributed by atoms with Crippen LogP contribution in [0.4, 0.5) is 5.69 Å². The summed E-state index contributed by atoms with van der Waals surface area (Å²) in [6.07, 6.45) is 5.39. The molecule has 1 aromatic rings. The molecule has 2 fully saturated rings. The molecule has 0 bridgehead atoms. The fourth-order valence-electron chi connectivity index (χ4n) is 2.61. The molecular weight excluding hydrogens is 240 g/mol. The summed E-state index contributed by atoms with van der Waals surface area (Å²) in [6.45, 7) is 2.10. The lowest BCUT2D eigenvalue weighted by molar-refractivity contribution is 0.0932. The van der Waals surface area contributed by atoms with Crippen molar-refractivity contribution in [3.05, 3.63) is 24.0 Å². The molecule has 1 atom stereocenters. The zero-order valence-corrected chi connectivity index (χ0v) is 11.2. The van der Waals surface area contributed by atoms with E-state index in [2.05, 4.69) is 20.5 Å². The second-order valence-electron chi connectivity index (χ2n) is 5.37. The Kier molecular flexibility index (Phi) is 3.38. The van der Waals surface area contributed by atoms with Gasteiger partial charge in [-0.05, 0) is 31.4 Å². The average molecular weight is 260 g/mol. The molecule has 2 aliphatic rings. The van der Waals surface area contributed by atoms with E-state index in [1.54, 1.807) is 12.3 Å². The van der Waals surface area contributed by atoms with E-state index in [1.165, 1.54) is 12.8 Å². The zero-order chi connectivity index (χ0) is 13.2. The van der Waals surface area contributed by atoms with E-state index >= 15 is 0 Å². The second-order valence-corrected chi connectivity index (χ2v) is 5.37. The third kappa shape index (κ3) is 2.87. The lowest BCUT2D eigenvalue weighted by Gasteiger charge is -2.15. The Hall–Kier alpha value is -1.62. The van der Waals surface area contributed by atoms with Crippen LogP contribution < -0.4 is 10.6 Å². The molecule has 3 rings (SSSR count). The number of hydrogen-bond acceptors (Lipinski definition) is 4. The lowest BCUT2D eigenvalue weighted by Crippen LogP contribution is -2.37. The van der Waals surface area contributed by atoms with Gasteiger partial charge >= 0.3 is 0 Å². The van der Waals surface area contributed by atoms with E-state index in [1.807, 2.05) is 13.1 Å². The number of pyridine rings is 1. The molecule has 102 valence electrons. The molecule has 5 heteroatoms. The molecule has 0 radical (unpaired) electrons. The van der Waals surface area contributed by atoms with Crippen LogP contribution in [0.1, 0.15) is 29.8 Å². The Bertz CT molecular complexity index is 455. The maximum absolute atomic E-state index is 12.1. The van der Waals surface area contributed by atoms with E-state index in [0.717, 1.165) is 31.2 Å². The van der Waals surface area contributed by atoms with Gasteiger partial charge < -0.3 is 10.6 Å². The number of nitrogens with zero attached hydrogens (tertiary/aromatic N) is 2. The number of carbonyl (C=O) groups excluding carboxylic acids is 1. The number of amides is 1. The van der Waals surface area contributed by atoms with E-state index in [4.69, 9.17) is 0 Å². The smallest absolute Gasteiger partial charge is 0.270 e. The number of anilines is 1. The summed E-state index contributed by atoms with van der Waals surface area (Å²) in [4.78, 5) is 18.7. The fraction of sp³-hybridized carbons (Fsp3) is 0.571. The number of likely N-dealkylation sites (tertiary alicyclic amines) is 1. The number of rotatable bonds is 4. The number of hydrogen-bond donors (Lipinski definition) is 2. The van der Waals surface area contributed by atoms with Crippen molar-refractivity contribution in [3.8, 4) is 0 Å². The highest BCUT2D eigenvalue weighted by Gasteiger charge is 2.34. The van der Waals surface area contributed by atoms with Crippen LogP contribution in [0.2, 0.25) is 0 Å². The van der Waals surface area contributed by atoms with Crippen LogP contribution in [0.15, 0.2) is 18.3 Å². The molecule has 2 heterocycles. The molecule has 1 aliphatic heterocycles. The standard InChI is InChI=1S/C14H20N4O/c1-15-10-2-5-13(16-8-10)14(19)17-11-6-7-18(9-11)12-3-4-12/h2,5,8,11-12,15H,3-4,6-7,9H2,1H3,(H,17,19). The summed E-state index contributed by atoms with van der Waals surface area (Å²) in [5, 5.41) is 6.07. The van der Waals surface area contributed by atoms with Gasteiger partial charge in [-0.25, -0.2) is 4.98 Å². The van der Waals surface area contributed by atoms with Gasteiger partial charge in [-0.3, -0.25) is 9.69 Å². The topological polar surface area (TPSA) is 57.3 Å². The predicted octanol–water partition coefficient (Wildman–Crippen LogP) is 1.09. The van der Waals surface area contributed by atoms with E-state index < -0.39 is 0 Å². The minimum atomic E-state index is -0.0645. The average Bonchev–Trinajstić information content (AvgIpc) is 3.20. The first-order valence-electron chi connectivity index (χ1n) is 6.95. The van der Waals surface area contributed by atoms with Crippen LogP contribution in [0, 0.1) is 0 Å². The first-order chi connectivity index (χ1) is 9.26. The first kappa shape index (κ1) is 12.4. The van der Waals surface area contributed by atoms with Crippen LogP contribution in [-0.2, 0) is 0 Å². The van der Waals surface area contributed by atoms with E-state index in [9.17, 15) is 4.79 Å². The summed E-state index contributed by atoms with van der Waals surface area (Å²) >= 11 is 0. The molecule has 1 aromatic heterocycles. The van der Waals surface area contributed by atoms with Crippen molar-refractivity contribution in [1.82, 2.24) is 15.2 Å². The summed E-state index contributed by atoms with van der Waals surface area (Å²) in [5.41, 5.74) is 1.40. The molecule has 19 heavy (non-hydrogen) atoms. The minimum absolute atomic E-state index is 0.0645. The Morgan fingerprint density at radius 2 is 2.21 bits per heavy atom. The third-order valence-electron chi connectivity index (χ3n) is 3.90. The Morgan fingerprint density at radius 3 is 2.84 bits per heavy atom. The van der Waals surface area contributed by atoms with Crippen LogP contribution in [0.5, 0.6) is 0 Å². The van der Waals surface area contributed by atoms with Crippen molar-refractivity contribution in [2.45, 2.75) is 31.3 Å². The van der Waals surface area contributed by atoms with Gasteiger partial charge in [0.2, 0.25) is 0 Å². The molecular formula is C14H20N4O. The van der Waals surface area contributed by atoms with Crippen LogP contribution in [0.25, 0.3) is 0 Å². The molecule has 0 spiro atoms. The highest BCUT2D eigenvalue weighted by molar-refractivity contribution is 5.92. The molecule has 1 amide bonds. The van der Waals surface area contributed by atoms with Crippen molar-refractivity contribution in [3.63, 3.8) is 0 Å². The van der Waals surface area contributed by atoms with Gasteiger partial charge in [0.1, 0.15) is 5.69 Å². The van der Waals surface area contributed by atoms with Gasteiger partial charge in [-0.15, -0.1) is 0 Å². The highest BCUT2D eigenvalue weighted by atomic mass is 16.1. The maximum Gasteiger partial charge on any atom is 0.270 e. The van der Waals surface area contributed by atoms with Gasteiger partial charge in [0.15, 0.2) is 0 Å². The molecule has 1 unspecified atom stereocenters. The van der Waals surface area contributed by atoms with Crippen LogP contribution in [-0.4, -0.2) is 48.0 Å². The van der Waals surface area contributed by atoms with Gasteiger partial charge in [-0.2, -0.15) is 0 Å². The Morgan fingerprint density at radius 1 is 1.37 bits per heavy atom. The predicted molar refractivity (Wildman–Crippen MR) is 74.2 cm³/mol. The normalized spacial score (nSPS) is 23.3. The minimum Gasteiger partial charge on any atom is -0.387 e. The first-order valence-corrected chi connectivity index (χ1v) is 6.95. The van der Waals surface area contributed by atoms with Gasteiger partial charge in [-0.1, -0.05) is 0 Å². The van der Waals surface area contributed by atoms with Crippen LogP contribution >= 0.6 is 0 Å². The molecule has 0 aromatic carbocycles. The van der Waals surface area contributed by atoms with Gasteiger partial charge in [0.05, 0.1) is 11.9 Å². The molecule has 1 saturated heterocycles. The largest absolute Gasteiger partial charge is 0.387 e. The number of nitrogens with one attached hydrogen (secondary N) is 2. The summed E-state index contributed by atoms with van der Waals surface area (Å²) < 4.78 is 0. The zero-order valence-electron chi connectivity index (χ0n) is 11.2. The third-order valence-corrected chi connectivity index (χ3v) is 3.90. The van der Waals surface area contributed by atoms with Crippen molar-refractivity contribution in [2.24, 2.45) is 0 Å². The lowest BCUT2D eigenvalue weighted by atomic mass is 10.2. The number of carbonyl (C=O) groups is 1. The summed E-state index contributed by atoms with van der Waals surface area (Å²) in [5.74, 6) is -0.0645. The highest BCUT2D eigenvalue weighted by Crippen LogP contribution is 2.29. The van der Waals surface area contributed by atoms with E-state index in [-0.39, 0.29) is 11.9 Å². The SMILES string of the molecule is CNc1ccc(C(=O)NC2CCN(C3CC3)C2)nc1. The van der Waals surface area contributed by atoms with Gasteiger partial charge in [0, 0.05) is 32.2 Å². The monoisotopic (exact) mass is 260 g/mol.